The first kappa shape index (κ1) is 18.0. The number of para-hydroxylation sites is 1. The summed E-state index contributed by atoms with van der Waals surface area (Å²) in [7, 11) is 0. The van der Waals surface area contributed by atoms with Crippen LogP contribution in [0.4, 0.5) is 5.69 Å². The minimum atomic E-state index is -0.0487. The fraction of sp³-hybridized carbons (Fsp3) is 0.588. The summed E-state index contributed by atoms with van der Waals surface area (Å²) in [6, 6.07) is 5.90. The third-order valence-electron chi connectivity index (χ3n) is 4.84. The average Bonchev–Trinajstić information content (AvgIpc) is 3.11. The van der Waals surface area contributed by atoms with E-state index in [0.717, 1.165) is 45.8 Å². The van der Waals surface area contributed by atoms with Crippen LogP contribution in [0.25, 0.3) is 0 Å². The maximum Gasteiger partial charge on any atom is 0.225 e. The van der Waals surface area contributed by atoms with Crippen molar-refractivity contribution in [2.45, 2.75) is 18.9 Å². The summed E-state index contributed by atoms with van der Waals surface area (Å²) in [5.41, 5.74) is 0.504. The molecule has 24 heavy (non-hydrogen) atoms. The molecule has 2 aliphatic rings. The van der Waals surface area contributed by atoms with Gasteiger partial charge in [0.15, 0.2) is 0 Å². The molecule has 1 aromatic carbocycles. The first-order valence-corrected chi connectivity index (χ1v) is 9.30. The van der Waals surface area contributed by atoms with Crippen molar-refractivity contribution < 1.29 is 4.79 Å². The number of carbonyl (C=O) groups is 1. The predicted octanol–water partition coefficient (Wildman–Crippen LogP) is 2.30. The normalized spacial score (nSPS) is 22.7. The van der Waals surface area contributed by atoms with Crippen molar-refractivity contribution in [2.75, 3.05) is 51.1 Å². The second-order valence-corrected chi connectivity index (χ2v) is 7.23. The SMILES string of the molecule is O=C(CCN1CCN(C2CCNC2)CC1)Nc1c(Cl)cccc1Cl. The molecule has 2 N–H and O–H groups in total. The van der Waals surface area contributed by atoms with Crippen LogP contribution in [0.1, 0.15) is 12.8 Å². The number of nitrogens with zero attached hydrogens (tertiary/aromatic N) is 2. The van der Waals surface area contributed by atoms with Crippen LogP contribution in [-0.2, 0) is 4.79 Å². The lowest BCUT2D eigenvalue weighted by atomic mass is 10.2. The van der Waals surface area contributed by atoms with E-state index in [4.69, 9.17) is 23.2 Å². The molecule has 1 aromatic rings. The molecule has 2 fully saturated rings. The fourth-order valence-corrected chi connectivity index (χ4v) is 3.87. The lowest BCUT2D eigenvalue weighted by Gasteiger charge is -2.37. The zero-order valence-electron chi connectivity index (χ0n) is 13.7. The van der Waals surface area contributed by atoms with Gasteiger partial charge in [-0.25, -0.2) is 0 Å². The van der Waals surface area contributed by atoms with Crippen LogP contribution < -0.4 is 10.6 Å². The average molecular weight is 371 g/mol. The van der Waals surface area contributed by atoms with Crippen LogP contribution in [0, 0.1) is 0 Å². The monoisotopic (exact) mass is 370 g/mol. The van der Waals surface area contributed by atoms with E-state index in [1.807, 2.05) is 0 Å². The number of anilines is 1. The lowest BCUT2D eigenvalue weighted by molar-refractivity contribution is -0.116. The van der Waals surface area contributed by atoms with Gasteiger partial charge in [0.1, 0.15) is 0 Å². The van der Waals surface area contributed by atoms with E-state index in [-0.39, 0.29) is 5.91 Å². The summed E-state index contributed by atoms with van der Waals surface area (Å²) in [6.07, 6.45) is 1.70. The maximum atomic E-state index is 12.2. The highest BCUT2D eigenvalue weighted by Gasteiger charge is 2.26. The summed E-state index contributed by atoms with van der Waals surface area (Å²) >= 11 is 12.2. The summed E-state index contributed by atoms with van der Waals surface area (Å²) in [4.78, 5) is 17.1. The number of nitrogens with one attached hydrogen (secondary N) is 2. The Labute approximate surface area is 153 Å². The molecule has 0 saturated carbocycles. The zero-order chi connectivity index (χ0) is 16.9. The highest BCUT2D eigenvalue weighted by atomic mass is 35.5. The summed E-state index contributed by atoms with van der Waals surface area (Å²) in [5.74, 6) is -0.0487. The molecule has 0 spiro atoms. The second-order valence-electron chi connectivity index (χ2n) is 6.42. The van der Waals surface area contributed by atoms with Crippen molar-refractivity contribution in [2.24, 2.45) is 0 Å². The van der Waals surface area contributed by atoms with E-state index in [9.17, 15) is 4.79 Å². The molecule has 0 aliphatic carbocycles. The number of hydrogen-bond acceptors (Lipinski definition) is 4. The molecule has 1 atom stereocenters. The molecule has 1 unspecified atom stereocenters. The number of carbonyl (C=O) groups excluding carboxylic acids is 1. The summed E-state index contributed by atoms with van der Waals surface area (Å²) in [5, 5.41) is 7.18. The molecule has 2 saturated heterocycles. The zero-order valence-corrected chi connectivity index (χ0v) is 15.2. The number of benzene rings is 1. The quantitative estimate of drug-likeness (QED) is 0.834. The fourth-order valence-electron chi connectivity index (χ4n) is 3.38. The molecular formula is C17H24Cl2N4O. The van der Waals surface area contributed by atoms with Crippen molar-refractivity contribution in [3.05, 3.63) is 28.2 Å². The molecule has 5 nitrogen and oxygen atoms in total. The van der Waals surface area contributed by atoms with Crippen LogP contribution in [0.5, 0.6) is 0 Å². The van der Waals surface area contributed by atoms with Crippen LogP contribution in [0.3, 0.4) is 0 Å². The van der Waals surface area contributed by atoms with Gasteiger partial charge in [0.05, 0.1) is 15.7 Å². The molecule has 2 heterocycles. The third-order valence-corrected chi connectivity index (χ3v) is 5.47. The van der Waals surface area contributed by atoms with Crippen LogP contribution in [-0.4, -0.2) is 67.6 Å². The van der Waals surface area contributed by atoms with Gasteiger partial charge in [0.2, 0.25) is 5.91 Å². The van der Waals surface area contributed by atoms with Crippen molar-refractivity contribution >= 4 is 34.8 Å². The molecular weight excluding hydrogens is 347 g/mol. The minimum Gasteiger partial charge on any atom is -0.324 e. The molecule has 0 bridgehead atoms. The maximum absolute atomic E-state index is 12.2. The summed E-state index contributed by atoms with van der Waals surface area (Å²) < 4.78 is 0. The number of rotatable bonds is 5. The minimum absolute atomic E-state index is 0.0487. The van der Waals surface area contributed by atoms with Gasteiger partial charge < -0.3 is 15.5 Å². The van der Waals surface area contributed by atoms with Gasteiger partial charge in [-0.3, -0.25) is 9.69 Å². The Hall–Kier alpha value is -0.850. The van der Waals surface area contributed by atoms with Crippen molar-refractivity contribution in [1.82, 2.24) is 15.1 Å². The number of hydrogen-bond donors (Lipinski definition) is 2. The topological polar surface area (TPSA) is 47.6 Å². The van der Waals surface area contributed by atoms with E-state index < -0.39 is 0 Å². The molecule has 2 aliphatic heterocycles. The van der Waals surface area contributed by atoms with Crippen LogP contribution >= 0.6 is 23.2 Å². The predicted molar refractivity (Wildman–Crippen MR) is 99.0 cm³/mol. The number of halogens is 2. The Morgan fingerprint density at radius 3 is 2.54 bits per heavy atom. The van der Waals surface area contributed by atoms with Gasteiger partial charge in [0, 0.05) is 51.7 Å². The Morgan fingerprint density at radius 2 is 1.92 bits per heavy atom. The largest absolute Gasteiger partial charge is 0.324 e. The number of piperazine rings is 1. The standard InChI is InChI=1S/C17H24Cl2N4O/c18-14-2-1-3-15(19)17(14)21-16(24)5-7-22-8-10-23(11-9-22)13-4-6-20-12-13/h1-3,13,20H,4-12H2,(H,21,24). The smallest absolute Gasteiger partial charge is 0.225 e. The second kappa shape index (κ2) is 8.50. The van der Waals surface area contributed by atoms with Crippen molar-refractivity contribution in [3.8, 4) is 0 Å². The van der Waals surface area contributed by atoms with E-state index in [0.29, 0.717) is 28.2 Å². The highest BCUT2D eigenvalue weighted by molar-refractivity contribution is 6.39. The highest BCUT2D eigenvalue weighted by Crippen LogP contribution is 2.29. The Bertz CT molecular complexity index is 549. The van der Waals surface area contributed by atoms with E-state index in [2.05, 4.69) is 20.4 Å². The molecule has 0 radical (unpaired) electrons. The van der Waals surface area contributed by atoms with Crippen LogP contribution in [0.2, 0.25) is 10.0 Å². The summed E-state index contributed by atoms with van der Waals surface area (Å²) in [6.45, 7) is 7.24. The Balaban J connectivity index is 1.41. The van der Waals surface area contributed by atoms with Gasteiger partial charge in [0.25, 0.3) is 0 Å². The third kappa shape index (κ3) is 4.61. The van der Waals surface area contributed by atoms with Gasteiger partial charge in [-0.05, 0) is 25.1 Å². The first-order valence-electron chi connectivity index (χ1n) is 8.54. The van der Waals surface area contributed by atoms with Crippen molar-refractivity contribution in [3.63, 3.8) is 0 Å². The van der Waals surface area contributed by atoms with Crippen LogP contribution in [0.15, 0.2) is 18.2 Å². The lowest BCUT2D eigenvalue weighted by Crippen LogP contribution is -2.51. The molecule has 3 rings (SSSR count). The molecule has 1 amide bonds. The molecule has 132 valence electrons. The van der Waals surface area contributed by atoms with Gasteiger partial charge in [-0.1, -0.05) is 29.3 Å². The van der Waals surface area contributed by atoms with Crippen molar-refractivity contribution in [1.29, 1.82) is 0 Å². The van der Waals surface area contributed by atoms with E-state index in [1.54, 1.807) is 18.2 Å². The van der Waals surface area contributed by atoms with Gasteiger partial charge in [-0.2, -0.15) is 0 Å². The Morgan fingerprint density at radius 1 is 1.21 bits per heavy atom. The van der Waals surface area contributed by atoms with Gasteiger partial charge in [-0.15, -0.1) is 0 Å². The van der Waals surface area contributed by atoms with E-state index in [1.165, 1.54) is 6.42 Å². The van der Waals surface area contributed by atoms with E-state index >= 15 is 0 Å². The van der Waals surface area contributed by atoms with Gasteiger partial charge >= 0.3 is 0 Å². The molecule has 7 heteroatoms. The molecule has 0 aromatic heterocycles. The first-order chi connectivity index (χ1) is 11.6. The number of amides is 1. The Kier molecular flexibility index (Phi) is 6.36.